The number of sulfonamides is 1. The van der Waals surface area contributed by atoms with Crippen molar-refractivity contribution in [1.29, 1.82) is 0 Å². The van der Waals surface area contributed by atoms with Gasteiger partial charge < -0.3 is 10.2 Å². The van der Waals surface area contributed by atoms with E-state index in [1.165, 1.54) is 12.1 Å². The minimum Gasteiger partial charge on any atom is -0.352 e. The molecule has 3 rings (SSSR count). The van der Waals surface area contributed by atoms with Crippen LogP contribution in [0.1, 0.15) is 64.5 Å². The lowest BCUT2D eigenvalue weighted by Crippen LogP contribution is -2.54. The van der Waals surface area contributed by atoms with E-state index in [1.807, 2.05) is 63.2 Å². The SMILES string of the molecule is CC[C@H](C(=O)N[C@@H](C)CC)N(CCc1ccccc1)C(=O)CN(c1ccc(C(C)C)cc1)S(=O)(=O)c1ccccc1. The first-order valence-electron chi connectivity index (χ1n) is 14.4. The molecule has 0 radical (unpaired) electrons. The highest BCUT2D eigenvalue weighted by Gasteiger charge is 2.33. The monoisotopic (exact) mass is 577 g/mol. The van der Waals surface area contributed by atoms with E-state index in [2.05, 4.69) is 19.2 Å². The van der Waals surface area contributed by atoms with Gasteiger partial charge in [-0.3, -0.25) is 13.9 Å². The summed E-state index contributed by atoms with van der Waals surface area (Å²) in [7, 11) is -4.07. The van der Waals surface area contributed by atoms with Crippen molar-refractivity contribution in [3.63, 3.8) is 0 Å². The van der Waals surface area contributed by atoms with Crippen molar-refractivity contribution in [2.24, 2.45) is 0 Å². The Morgan fingerprint density at radius 2 is 1.39 bits per heavy atom. The summed E-state index contributed by atoms with van der Waals surface area (Å²) in [4.78, 5) is 29.1. The Hall–Kier alpha value is -3.65. The van der Waals surface area contributed by atoms with E-state index in [9.17, 15) is 18.0 Å². The number of rotatable bonds is 14. The van der Waals surface area contributed by atoms with Crippen LogP contribution in [0.4, 0.5) is 5.69 Å². The summed E-state index contributed by atoms with van der Waals surface area (Å²) in [6.45, 7) is 9.76. The maximum absolute atomic E-state index is 14.1. The Labute approximate surface area is 245 Å². The zero-order valence-corrected chi connectivity index (χ0v) is 25.6. The molecule has 0 bridgehead atoms. The topological polar surface area (TPSA) is 86.8 Å². The average Bonchev–Trinajstić information content (AvgIpc) is 2.98. The summed E-state index contributed by atoms with van der Waals surface area (Å²) in [6.07, 6.45) is 1.70. The molecule has 7 nitrogen and oxygen atoms in total. The fourth-order valence-electron chi connectivity index (χ4n) is 4.61. The van der Waals surface area contributed by atoms with Crippen molar-refractivity contribution in [3.8, 4) is 0 Å². The Balaban J connectivity index is 2.01. The van der Waals surface area contributed by atoms with Gasteiger partial charge in [-0.1, -0.05) is 88.4 Å². The molecule has 0 unspecified atom stereocenters. The van der Waals surface area contributed by atoms with E-state index in [0.717, 1.165) is 21.9 Å². The largest absolute Gasteiger partial charge is 0.352 e. The first-order valence-corrected chi connectivity index (χ1v) is 15.8. The number of carbonyl (C=O) groups is 2. The molecule has 2 amide bonds. The number of anilines is 1. The molecular weight excluding hydrogens is 534 g/mol. The number of hydrogen-bond donors (Lipinski definition) is 1. The minimum absolute atomic E-state index is 0.0444. The highest BCUT2D eigenvalue weighted by atomic mass is 32.2. The summed E-state index contributed by atoms with van der Waals surface area (Å²) < 4.78 is 29.0. The Morgan fingerprint density at radius 1 is 0.805 bits per heavy atom. The van der Waals surface area contributed by atoms with Crippen LogP contribution in [0, 0.1) is 0 Å². The standard InChI is InChI=1S/C33H43N3O4S/c1-6-26(5)34-33(38)31(7-2)35(23-22-27-14-10-8-11-15-27)32(37)24-36(29-20-18-28(19-21-29)25(3)4)41(39,40)30-16-12-9-13-17-30/h8-21,25-26,31H,6-7,22-24H2,1-5H3,(H,34,38)/t26-,31+/m0/s1. The Bertz CT molecular complexity index is 1360. The van der Waals surface area contributed by atoms with E-state index in [0.29, 0.717) is 18.5 Å². The molecule has 41 heavy (non-hydrogen) atoms. The predicted octanol–water partition coefficient (Wildman–Crippen LogP) is 5.77. The average molecular weight is 578 g/mol. The van der Waals surface area contributed by atoms with Crippen molar-refractivity contribution in [2.75, 3.05) is 17.4 Å². The molecule has 0 aromatic heterocycles. The first kappa shape index (κ1) is 31.9. The van der Waals surface area contributed by atoms with Crippen molar-refractivity contribution >= 4 is 27.5 Å². The minimum atomic E-state index is -4.07. The van der Waals surface area contributed by atoms with Crippen LogP contribution in [-0.2, 0) is 26.0 Å². The van der Waals surface area contributed by atoms with Gasteiger partial charge in [0, 0.05) is 12.6 Å². The van der Waals surface area contributed by atoms with Gasteiger partial charge in [0.1, 0.15) is 12.6 Å². The zero-order chi connectivity index (χ0) is 30.0. The van der Waals surface area contributed by atoms with Gasteiger partial charge >= 0.3 is 0 Å². The first-order chi connectivity index (χ1) is 19.6. The van der Waals surface area contributed by atoms with E-state index in [1.54, 1.807) is 35.2 Å². The summed E-state index contributed by atoms with van der Waals surface area (Å²) in [5.41, 5.74) is 2.49. The molecule has 0 spiro atoms. The van der Waals surface area contributed by atoms with E-state index in [4.69, 9.17) is 0 Å². The van der Waals surface area contributed by atoms with Crippen LogP contribution in [-0.4, -0.2) is 50.3 Å². The molecule has 0 saturated heterocycles. The fraction of sp³-hybridized carbons (Fsp3) is 0.394. The molecular formula is C33H43N3O4S. The molecule has 1 N–H and O–H groups in total. The van der Waals surface area contributed by atoms with Gasteiger partial charge in [0.15, 0.2) is 0 Å². The Kier molecular flexibility index (Phi) is 11.5. The number of amides is 2. The molecule has 8 heteroatoms. The predicted molar refractivity (Wildman–Crippen MR) is 165 cm³/mol. The molecule has 220 valence electrons. The van der Waals surface area contributed by atoms with Crippen LogP contribution < -0.4 is 9.62 Å². The normalized spacial score (nSPS) is 12.9. The lowest BCUT2D eigenvalue weighted by molar-refractivity contribution is -0.139. The van der Waals surface area contributed by atoms with Crippen LogP contribution in [0.25, 0.3) is 0 Å². The van der Waals surface area contributed by atoms with Crippen LogP contribution in [0.5, 0.6) is 0 Å². The van der Waals surface area contributed by atoms with Gasteiger partial charge in [-0.05, 0) is 67.5 Å². The smallest absolute Gasteiger partial charge is 0.264 e. The van der Waals surface area contributed by atoms with Gasteiger partial charge in [-0.2, -0.15) is 0 Å². The van der Waals surface area contributed by atoms with E-state index >= 15 is 0 Å². The van der Waals surface area contributed by atoms with Gasteiger partial charge in [-0.15, -0.1) is 0 Å². The second-order valence-electron chi connectivity index (χ2n) is 10.6. The molecule has 0 saturated carbocycles. The lowest BCUT2D eigenvalue weighted by Gasteiger charge is -2.33. The van der Waals surface area contributed by atoms with Crippen molar-refractivity contribution in [3.05, 3.63) is 96.1 Å². The van der Waals surface area contributed by atoms with Crippen LogP contribution >= 0.6 is 0 Å². The summed E-state index contributed by atoms with van der Waals surface area (Å²) >= 11 is 0. The zero-order valence-electron chi connectivity index (χ0n) is 24.8. The molecule has 0 aliphatic rings. The fourth-order valence-corrected chi connectivity index (χ4v) is 6.05. The lowest BCUT2D eigenvalue weighted by atomic mass is 10.0. The van der Waals surface area contributed by atoms with Gasteiger partial charge in [0.25, 0.3) is 10.0 Å². The molecule has 0 fully saturated rings. The molecule has 2 atom stereocenters. The van der Waals surface area contributed by atoms with Gasteiger partial charge in [0.2, 0.25) is 11.8 Å². The molecule has 3 aromatic rings. The number of nitrogens with zero attached hydrogens (tertiary/aromatic N) is 2. The van der Waals surface area contributed by atoms with Crippen LogP contribution in [0.2, 0.25) is 0 Å². The molecule has 0 aliphatic carbocycles. The quantitative estimate of drug-likeness (QED) is 0.264. The number of benzene rings is 3. The highest BCUT2D eigenvalue weighted by molar-refractivity contribution is 7.92. The molecule has 0 aliphatic heterocycles. The van der Waals surface area contributed by atoms with Crippen LogP contribution in [0.3, 0.4) is 0 Å². The molecule has 0 heterocycles. The maximum Gasteiger partial charge on any atom is 0.264 e. The van der Waals surface area contributed by atoms with Crippen molar-refractivity contribution in [2.45, 2.75) is 76.8 Å². The van der Waals surface area contributed by atoms with Gasteiger partial charge in [-0.25, -0.2) is 8.42 Å². The third-order valence-electron chi connectivity index (χ3n) is 7.33. The third kappa shape index (κ3) is 8.43. The van der Waals surface area contributed by atoms with E-state index in [-0.39, 0.29) is 29.3 Å². The number of hydrogen-bond acceptors (Lipinski definition) is 4. The highest BCUT2D eigenvalue weighted by Crippen LogP contribution is 2.26. The van der Waals surface area contributed by atoms with Crippen molar-refractivity contribution in [1.82, 2.24) is 10.2 Å². The summed E-state index contributed by atoms with van der Waals surface area (Å²) in [5.74, 6) is -0.394. The van der Waals surface area contributed by atoms with Gasteiger partial charge in [0.05, 0.1) is 10.6 Å². The number of nitrogens with one attached hydrogen (secondary N) is 1. The summed E-state index contributed by atoms with van der Waals surface area (Å²) in [6, 6.07) is 24.4. The van der Waals surface area contributed by atoms with Crippen molar-refractivity contribution < 1.29 is 18.0 Å². The Morgan fingerprint density at radius 3 is 1.93 bits per heavy atom. The van der Waals surface area contributed by atoms with Crippen LogP contribution in [0.15, 0.2) is 89.8 Å². The molecule has 3 aromatic carbocycles. The summed E-state index contributed by atoms with van der Waals surface area (Å²) in [5, 5.41) is 3.01. The second-order valence-corrected chi connectivity index (χ2v) is 12.5. The number of carbonyl (C=O) groups excluding carboxylic acids is 2. The third-order valence-corrected chi connectivity index (χ3v) is 9.12. The maximum atomic E-state index is 14.1. The second kappa shape index (κ2) is 14.8. The van der Waals surface area contributed by atoms with E-state index < -0.39 is 28.5 Å².